The molecule has 3 nitrogen and oxygen atoms in total. The quantitative estimate of drug-likeness (QED) is 0.850. The molecule has 2 aromatic rings. The molecule has 0 bridgehead atoms. The van der Waals surface area contributed by atoms with Crippen molar-refractivity contribution in [3.8, 4) is 10.7 Å². The molecule has 0 fully saturated rings. The number of hydrogen-bond acceptors (Lipinski definition) is 3. The van der Waals surface area contributed by atoms with Gasteiger partial charge in [0.05, 0.1) is 14.1 Å². The first-order valence-electron chi connectivity index (χ1n) is 4.97. The monoisotopic (exact) mass is 346 g/mol. The maximum absolute atomic E-state index is 11.7. The lowest BCUT2D eigenvalue weighted by Gasteiger charge is -2.02. The topological polar surface area (TPSA) is 45.8 Å². The molecule has 1 N–H and O–H groups in total. The Bertz CT molecular complexity index is 574. The Balaban J connectivity index is 2.59. The molecule has 84 valence electrons. The van der Waals surface area contributed by atoms with Crippen molar-refractivity contribution in [1.82, 2.24) is 9.97 Å². The molecule has 0 aliphatic rings. The van der Waals surface area contributed by atoms with Gasteiger partial charge in [0.15, 0.2) is 5.82 Å². The minimum atomic E-state index is -0.0477. The van der Waals surface area contributed by atoms with Gasteiger partial charge in [0, 0.05) is 4.88 Å². The molecule has 0 saturated heterocycles. The average molecular weight is 346 g/mol. The second kappa shape index (κ2) is 4.67. The zero-order valence-corrected chi connectivity index (χ0v) is 12.0. The molecule has 0 aliphatic carbocycles. The number of nitrogens with one attached hydrogen (secondary N) is 1. The van der Waals surface area contributed by atoms with Crippen LogP contribution in [0.15, 0.2) is 16.9 Å². The van der Waals surface area contributed by atoms with Gasteiger partial charge in [-0.1, -0.05) is 6.92 Å². The van der Waals surface area contributed by atoms with Gasteiger partial charge in [-0.05, 0) is 48.1 Å². The van der Waals surface area contributed by atoms with Gasteiger partial charge in [0.2, 0.25) is 0 Å². The fourth-order valence-corrected chi connectivity index (χ4v) is 2.87. The standard InChI is InChI=1S/C11H11IN2OS/c1-3-7-9(12)11(15)14-10(13-7)8-5-4-6(2)16-8/h4-5H,3H2,1-2H3,(H,13,14,15). The summed E-state index contributed by atoms with van der Waals surface area (Å²) in [6.45, 7) is 4.05. The van der Waals surface area contributed by atoms with Crippen molar-refractivity contribution in [1.29, 1.82) is 0 Å². The summed E-state index contributed by atoms with van der Waals surface area (Å²) in [6.07, 6.45) is 0.777. The molecule has 0 aliphatic heterocycles. The van der Waals surface area contributed by atoms with E-state index in [0.29, 0.717) is 9.39 Å². The molecule has 0 unspecified atom stereocenters. The normalized spacial score (nSPS) is 10.7. The molecule has 0 spiro atoms. The van der Waals surface area contributed by atoms with E-state index in [4.69, 9.17) is 0 Å². The van der Waals surface area contributed by atoms with E-state index >= 15 is 0 Å². The van der Waals surface area contributed by atoms with Crippen molar-refractivity contribution in [2.45, 2.75) is 20.3 Å². The van der Waals surface area contributed by atoms with Gasteiger partial charge in [-0.3, -0.25) is 4.79 Å². The molecular formula is C11H11IN2OS. The molecule has 2 aromatic heterocycles. The van der Waals surface area contributed by atoms with Crippen LogP contribution in [0.1, 0.15) is 17.5 Å². The second-order valence-corrected chi connectivity index (χ2v) is 5.81. The number of hydrogen-bond donors (Lipinski definition) is 1. The molecule has 2 heterocycles. The molecule has 0 atom stereocenters. The van der Waals surface area contributed by atoms with E-state index in [1.165, 1.54) is 4.88 Å². The van der Waals surface area contributed by atoms with Gasteiger partial charge in [0.1, 0.15) is 0 Å². The van der Waals surface area contributed by atoms with Crippen molar-refractivity contribution >= 4 is 33.9 Å². The minimum Gasteiger partial charge on any atom is -0.305 e. The van der Waals surface area contributed by atoms with Crippen LogP contribution in [0.25, 0.3) is 10.7 Å². The van der Waals surface area contributed by atoms with E-state index in [1.807, 2.05) is 48.6 Å². The van der Waals surface area contributed by atoms with Crippen LogP contribution in [-0.4, -0.2) is 9.97 Å². The highest BCUT2D eigenvalue weighted by Gasteiger charge is 2.09. The Morgan fingerprint density at radius 1 is 1.50 bits per heavy atom. The lowest BCUT2D eigenvalue weighted by molar-refractivity contribution is 0.971. The Morgan fingerprint density at radius 3 is 2.81 bits per heavy atom. The summed E-state index contributed by atoms with van der Waals surface area (Å²) >= 11 is 3.68. The maximum atomic E-state index is 11.7. The van der Waals surface area contributed by atoms with Crippen LogP contribution in [0, 0.1) is 10.5 Å². The van der Waals surface area contributed by atoms with Gasteiger partial charge >= 0.3 is 0 Å². The molecule has 5 heteroatoms. The lowest BCUT2D eigenvalue weighted by Crippen LogP contribution is -2.15. The van der Waals surface area contributed by atoms with E-state index in [-0.39, 0.29) is 5.56 Å². The SMILES string of the molecule is CCc1nc(-c2ccc(C)s2)[nH]c(=O)c1I. The predicted octanol–water partition coefficient (Wildman–Crippen LogP) is 2.97. The average Bonchev–Trinajstić information content (AvgIpc) is 2.69. The number of aromatic nitrogens is 2. The van der Waals surface area contributed by atoms with Crippen LogP contribution in [0.2, 0.25) is 0 Å². The number of aryl methyl sites for hydroxylation is 2. The molecule has 2 rings (SSSR count). The van der Waals surface area contributed by atoms with Crippen molar-refractivity contribution in [2.24, 2.45) is 0 Å². The van der Waals surface area contributed by atoms with Crippen molar-refractivity contribution in [2.75, 3.05) is 0 Å². The fraction of sp³-hybridized carbons (Fsp3) is 0.273. The van der Waals surface area contributed by atoms with Gasteiger partial charge in [0.25, 0.3) is 5.56 Å². The van der Waals surface area contributed by atoms with Gasteiger partial charge in [-0.25, -0.2) is 4.98 Å². The highest BCUT2D eigenvalue weighted by molar-refractivity contribution is 14.1. The predicted molar refractivity (Wildman–Crippen MR) is 75.0 cm³/mol. The summed E-state index contributed by atoms with van der Waals surface area (Å²) in [5, 5.41) is 0. The van der Waals surface area contributed by atoms with Crippen LogP contribution in [0.4, 0.5) is 0 Å². The third kappa shape index (κ3) is 2.20. The first kappa shape index (κ1) is 11.8. The van der Waals surface area contributed by atoms with Crippen LogP contribution in [-0.2, 0) is 6.42 Å². The van der Waals surface area contributed by atoms with E-state index in [9.17, 15) is 4.79 Å². The summed E-state index contributed by atoms with van der Waals surface area (Å²) < 4.78 is 0.692. The summed E-state index contributed by atoms with van der Waals surface area (Å²) in [4.78, 5) is 21.2. The first-order valence-corrected chi connectivity index (χ1v) is 6.87. The van der Waals surface area contributed by atoms with Gasteiger partial charge in [-0.15, -0.1) is 11.3 Å². The number of halogens is 1. The van der Waals surface area contributed by atoms with Crippen LogP contribution < -0.4 is 5.56 Å². The highest BCUT2D eigenvalue weighted by atomic mass is 127. The van der Waals surface area contributed by atoms with Gasteiger partial charge < -0.3 is 4.98 Å². The number of thiophene rings is 1. The third-order valence-electron chi connectivity index (χ3n) is 2.24. The Hall–Kier alpha value is -0.690. The first-order chi connectivity index (χ1) is 7.61. The number of rotatable bonds is 2. The highest BCUT2D eigenvalue weighted by Crippen LogP contribution is 2.24. The molecule has 0 saturated carbocycles. The Labute approximate surface area is 111 Å². The van der Waals surface area contributed by atoms with Gasteiger partial charge in [-0.2, -0.15) is 0 Å². The van der Waals surface area contributed by atoms with E-state index in [2.05, 4.69) is 9.97 Å². The molecule has 0 aromatic carbocycles. The molecule has 0 amide bonds. The fourth-order valence-electron chi connectivity index (χ4n) is 1.42. The van der Waals surface area contributed by atoms with Crippen LogP contribution in [0.3, 0.4) is 0 Å². The minimum absolute atomic E-state index is 0.0477. The second-order valence-electron chi connectivity index (χ2n) is 3.44. The molecule has 0 radical (unpaired) electrons. The Morgan fingerprint density at radius 2 is 2.25 bits per heavy atom. The summed E-state index contributed by atoms with van der Waals surface area (Å²) in [6, 6.07) is 4.02. The lowest BCUT2D eigenvalue weighted by atomic mass is 10.3. The van der Waals surface area contributed by atoms with Crippen molar-refractivity contribution < 1.29 is 0 Å². The summed E-state index contributed by atoms with van der Waals surface area (Å²) in [5.41, 5.74) is 0.818. The third-order valence-corrected chi connectivity index (χ3v) is 4.36. The smallest absolute Gasteiger partial charge is 0.264 e. The zero-order valence-electron chi connectivity index (χ0n) is 9.00. The summed E-state index contributed by atoms with van der Waals surface area (Å²) in [7, 11) is 0. The van der Waals surface area contributed by atoms with Crippen molar-refractivity contribution in [3.63, 3.8) is 0 Å². The molecular weight excluding hydrogens is 335 g/mol. The largest absolute Gasteiger partial charge is 0.305 e. The number of H-pyrrole nitrogens is 1. The van der Waals surface area contributed by atoms with Crippen molar-refractivity contribution in [3.05, 3.63) is 36.6 Å². The molecule has 16 heavy (non-hydrogen) atoms. The van der Waals surface area contributed by atoms with Crippen LogP contribution >= 0.6 is 33.9 Å². The number of aromatic amines is 1. The van der Waals surface area contributed by atoms with Crippen LogP contribution in [0.5, 0.6) is 0 Å². The zero-order chi connectivity index (χ0) is 11.7. The van der Waals surface area contributed by atoms with E-state index < -0.39 is 0 Å². The van der Waals surface area contributed by atoms with E-state index in [0.717, 1.165) is 17.0 Å². The number of nitrogens with zero attached hydrogens (tertiary/aromatic N) is 1. The maximum Gasteiger partial charge on any atom is 0.264 e. The Kier molecular flexibility index (Phi) is 3.44. The van der Waals surface area contributed by atoms with E-state index in [1.54, 1.807) is 11.3 Å². The summed E-state index contributed by atoms with van der Waals surface area (Å²) in [5.74, 6) is 0.681.